The van der Waals surface area contributed by atoms with E-state index < -0.39 is 29.1 Å². The molecule has 6 heteroatoms. The third-order valence-corrected chi connectivity index (χ3v) is 4.21. The van der Waals surface area contributed by atoms with Crippen molar-refractivity contribution in [3.05, 3.63) is 23.3 Å². The average molecular weight is 280 g/mol. The van der Waals surface area contributed by atoms with Crippen LogP contribution in [-0.4, -0.2) is 29.3 Å². The first kappa shape index (κ1) is 15.1. The number of allylic oxidation sites excluding steroid dienone is 3. The number of halogens is 3. The molecule has 0 saturated heterocycles. The van der Waals surface area contributed by atoms with E-state index in [-0.39, 0.29) is 11.3 Å². The molecule has 0 aromatic carbocycles. The van der Waals surface area contributed by atoms with Crippen molar-refractivity contribution in [1.82, 2.24) is 0 Å². The van der Waals surface area contributed by atoms with E-state index in [0.717, 1.165) is 6.08 Å². The van der Waals surface area contributed by atoms with Crippen LogP contribution in [0.25, 0.3) is 0 Å². The van der Waals surface area contributed by atoms with Gasteiger partial charge in [-0.25, -0.2) is 0 Å². The van der Waals surface area contributed by atoms with Gasteiger partial charge in [0.05, 0.1) is 5.57 Å². The van der Waals surface area contributed by atoms with Crippen LogP contribution >= 0.6 is 11.8 Å². The fraction of sp³-hybridized carbons (Fsp3) is 0.583. The largest absolute Gasteiger partial charge is 0.481 e. The molecule has 0 radical (unpaired) electrons. The van der Waals surface area contributed by atoms with Crippen LogP contribution in [0.1, 0.15) is 13.8 Å². The molecule has 0 aliphatic heterocycles. The second kappa shape index (κ2) is 4.99. The number of hydrogen-bond acceptors (Lipinski definition) is 2. The Morgan fingerprint density at radius 2 is 2.11 bits per heavy atom. The first-order valence-electron chi connectivity index (χ1n) is 5.37. The zero-order valence-electron chi connectivity index (χ0n) is 10.3. The van der Waals surface area contributed by atoms with E-state index in [4.69, 9.17) is 0 Å². The molecule has 0 bridgehead atoms. The van der Waals surface area contributed by atoms with Crippen molar-refractivity contribution >= 4 is 17.7 Å². The lowest BCUT2D eigenvalue weighted by molar-refractivity contribution is -0.147. The van der Waals surface area contributed by atoms with Gasteiger partial charge in [0.25, 0.3) is 0 Å². The van der Waals surface area contributed by atoms with E-state index in [1.54, 1.807) is 13.2 Å². The zero-order chi connectivity index (χ0) is 14.1. The van der Waals surface area contributed by atoms with Crippen LogP contribution < -0.4 is 0 Å². The van der Waals surface area contributed by atoms with Crippen LogP contribution in [0.2, 0.25) is 0 Å². The Morgan fingerprint density at radius 1 is 1.56 bits per heavy atom. The Balaban J connectivity index is 3.44. The normalized spacial score (nSPS) is 28.7. The van der Waals surface area contributed by atoms with Crippen LogP contribution in [0, 0.1) is 11.3 Å². The smallest absolute Gasteiger partial charge is 0.416 e. The van der Waals surface area contributed by atoms with Crippen LogP contribution in [0.4, 0.5) is 13.2 Å². The molecular formula is C12H15F3O2S. The minimum atomic E-state index is -4.51. The fourth-order valence-corrected chi connectivity index (χ4v) is 3.36. The third kappa shape index (κ3) is 2.30. The van der Waals surface area contributed by atoms with Gasteiger partial charge in [0.1, 0.15) is 5.41 Å². The van der Waals surface area contributed by atoms with E-state index >= 15 is 0 Å². The molecule has 1 aliphatic carbocycles. The standard InChI is InChI=1S/C12H15F3O2S/c1-7-4-5-9(12(13,14)15)8(2)11(7,6-18-3)10(16)17/h4-5,7H,6H2,1-3H3,(H,16,17). The van der Waals surface area contributed by atoms with Crippen molar-refractivity contribution in [3.8, 4) is 0 Å². The molecular weight excluding hydrogens is 265 g/mol. The SMILES string of the molecule is CSCC1(C(=O)O)C(C)=C(C(F)(F)F)C=CC1C. The molecule has 2 unspecified atom stereocenters. The number of hydrogen-bond donors (Lipinski definition) is 1. The van der Waals surface area contributed by atoms with Crippen molar-refractivity contribution in [1.29, 1.82) is 0 Å². The third-order valence-electron chi connectivity index (χ3n) is 3.46. The highest BCUT2D eigenvalue weighted by molar-refractivity contribution is 7.98. The lowest BCUT2D eigenvalue weighted by Crippen LogP contribution is -2.43. The van der Waals surface area contributed by atoms with E-state index in [0.29, 0.717) is 0 Å². The highest BCUT2D eigenvalue weighted by Crippen LogP contribution is 2.47. The van der Waals surface area contributed by atoms with Crippen molar-refractivity contribution in [2.75, 3.05) is 12.0 Å². The monoisotopic (exact) mass is 280 g/mol. The molecule has 1 N–H and O–H groups in total. The van der Waals surface area contributed by atoms with Crippen molar-refractivity contribution in [2.24, 2.45) is 11.3 Å². The lowest BCUT2D eigenvalue weighted by atomic mass is 9.68. The summed E-state index contributed by atoms with van der Waals surface area (Å²) in [5, 5.41) is 9.40. The van der Waals surface area contributed by atoms with E-state index in [1.165, 1.54) is 24.8 Å². The topological polar surface area (TPSA) is 37.3 Å². The van der Waals surface area contributed by atoms with Crippen LogP contribution in [0.5, 0.6) is 0 Å². The second-order valence-electron chi connectivity index (χ2n) is 4.39. The Hall–Kier alpha value is -0.910. The number of aliphatic carboxylic acids is 1. The Morgan fingerprint density at radius 3 is 2.50 bits per heavy atom. The van der Waals surface area contributed by atoms with Crippen LogP contribution in [0.15, 0.2) is 23.3 Å². The molecule has 2 nitrogen and oxygen atoms in total. The van der Waals surface area contributed by atoms with Crippen molar-refractivity contribution < 1.29 is 23.1 Å². The van der Waals surface area contributed by atoms with Gasteiger partial charge in [0.15, 0.2) is 0 Å². The van der Waals surface area contributed by atoms with Gasteiger partial charge in [0.2, 0.25) is 0 Å². The van der Waals surface area contributed by atoms with E-state index in [1.807, 2.05) is 0 Å². The number of alkyl halides is 3. The number of rotatable bonds is 3. The molecule has 102 valence electrons. The van der Waals surface area contributed by atoms with E-state index in [2.05, 4.69) is 0 Å². The van der Waals surface area contributed by atoms with Crippen molar-refractivity contribution in [3.63, 3.8) is 0 Å². The minimum absolute atomic E-state index is 0.105. The predicted molar refractivity (Wildman–Crippen MR) is 65.5 cm³/mol. The highest BCUT2D eigenvalue weighted by atomic mass is 32.2. The molecule has 0 fully saturated rings. The number of thioether (sulfide) groups is 1. The van der Waals surface area contributed by atoms with Gasteiger partial charge in [-0.1, -0.05) is 19.1 Å². The Labute approximate surface area is 108 Å². The molecule has 18 heavy (non-hydrogen) atoms. The molecule has 0 spiro atoms. The summed E-state index contributed by atoms with van der Waals surface area (Å²) < 4.78 is 38.6. The van der Waals surface area contributed by atoms with Crippen LogP contribution in [-0.2, 0) is 4.79 Å². The summed E-state index contributed by atoms with van der Waals surface area (Å²) in [4.78, 5) is 11.5. The molecule has 1 rings (SSSR count). The summed E-state index contributed by atoms with van der Waals surface area (Å²) in [6.07, 6.45) is -0.502. The molecule has 0 heterocycles. The summed E-state index contributed by atoms with van der Waals surface area (Å²) >= 11 is 1.24. The summed E-state index contributed by atoms with van der Waals surface area (Å²) in [7, 11) is 0. The summed E-state index contributed by atoms with van der Waals surface area (Å²) in [5.74, 6) is -1.54. The van der Waals surface area contributed by atoms with Gasteiger partial charge in [0, 0.05) is 5.75 Å². The van der Waals surface area contributed by atoms with Gasteiger partial charge in [-0.05, 0) is 24.7 Å². The maximum absolute atomic E-state index is 12.9. The first-order chi connectivity index (χ1) is 8.17. The van der Waals surface area contributed by atoms with Crippen molar-refractivity contribution in [2.45, 2.75) is 20.0 Å². The zero-order valence-corrected chi connectivity index (χ0v) is 11.2. The Bertz CT molecular complexity index is 412. The molecule has 0 aromatic rings. The molecule has 0 amide bonds. The molecule has 0 saturated carbocycles. The number of carbonyl (C=O) groups is 1. The maximum atomic E-state index is 12.9. The maximum Gasteiger partial charge on any atom is 0.416 e. The molecule has 0 aromatic heterocycles. The second-order valence-corrected chi connectivity index (χ2v) is 5.26. The van der Waals surface area contributed by atoms with Gasteiger partial charge in [-0.3, -0.25) is 4.79 Å². The highest BCUT2D eigenvalue weighted by Gasteiger charge is 2.50. The van der Waals surface area contributed by atoms with E-state index in [9.17, 15) is 23.1 Å². The van der Waals surface area contributed by atoms with Gasteiger partial charge < -0.3 is 5.11 Å². The predicted octanol–water partition coefficient (Wildman–Crippen LogP) is 3.51. The first-order valence-corrected chi connectivity index (χ1v) is 6.76. The average Bonchev–Trinajstić information content (AvgIpc) is 2.21. The number of carboxylic acids is 1. The fourth-order valence-electron chi connectivity index (χ4n) is 2.30. The molecule has 1 aliphatic rings. The number of carboxylic acid groups (broad SMARTS) is 1. The molecule has 2 atom stereocenters. The summed E-state index contributed by atoms with van der Waals surface area (Å²) in [5.41, 5.74) is -2.41. The minimum Gasteiger partial charge on any atom is -0.481 e. The summed E-state index contributed by atoms with van der Waals surface area (Å²) in [6.45, 7) is 2.91. The quantitative estimate of drug-likeness (QED) is 0.859. The lowest BCUT2D eigenvalue weighted by Gasteiger charge is -2.38. The van der Waals surface area contributed by atoms with Gasteiger partial charge in [-0.2, -0.15) is 24.9 Å². The summed E-state index contributed by atoms with van der Waals surface area (Å²) in [6, 6.07) is 0. The Kier molecular flexibility index (Phi) is 4.20. The van der Waals surface area contributed by atoms with Gasteiger partial charge in [-0.15, -0.1) is 0 Å². The van der Waals surface area contributed by atoms with Gasteiger partial charge >= 0.3 is 12.1 Å². The van der Waals surface area contributed by atoms with Crippen LogP contribution in [0.3, 0.4) is 0 Å².